The highest BCUT2D eigenvalue weighted by Crippen LogP contribution is 2.30. The fourth-order valence-electron chi connectivity index (χ4n) is 2.81. The number of aromatic nitrogens is 1. The Morgan fingerprint density at radius 3 is 2.92 bits per heavy atom. The number of fused-ring (bicyclic) bond motifs is 1. The zero-order chi connectivity index (χ0) is 18.5. The molecule has 2 aromatic rings. The molecule has 3 rings (SSSR count). The van der Waals surface area contributed by atoms with Crippen molar-refractivity contribution in [2.24, 2.45) is 0 Å². The van der Waals surface area contributed by atoms with Crippen LogP contribution in [0.25, 0.3) is 0 Å². The third-order valence-corrected chi connectivity index (χ3v) is 5.41. The molecule has 0 spiro atoms. The zero-order valence-corrected chi connectivity index (χ0v) is 16.3. The van der Waals surface area contributed by atoms with E-state index in [0.717, 1.165) is 39.9 Å². The third kappa shape index (κ3) is 4.46. The van der Waals surface area contributed by atoms with Crippen molar-refractivity contribution < 1.29 is 14.3 Å². The number of hydrogen-bond donors (Lipinski definition) is 1. The van der Waals surface area contributed by atoms with E-state index < -0.39 is 0 Å². The Morgan fingerprint density at radius 1 is 1.38 bits per heavy atom. The lowest BCUT2D eigenvalue weighted by Crippen LogP contribution is -2.45. The molecule has 2 heterocycles. The Kier molecular flexibility index (Phi) is 5.98. The lowest BCUT2D eigenvalue weighted by atomic mass is 10.2. The van der Waals surface area contributed by atoms with Crippen LogP contribution in [0.15, 0.2) is 24.3 Å². The first kappa shape index (κ1) is 18.5. The number of nitrogens with zero attached hydrogens (tertiary/aromatic N) is 2. The number of para-hydroxylation sites is 2. The summed E-state index contributed by atoms with van der Waals surface area (Å²) in [6, 6.07) is 7.45. The van der Waals surface area contributed by atoms with Crippen molar-refractivity contribution in [1.82, 2.24) is 15.2 Å². The molecule has 1 aromatic carbocycles. The van der Waals surface area contributed by atoms with E-state index >= 15 is 0 Å². The number of carbonyl (C=O) groups excluding carboxylic acids is 1. The number of aryl methyl sites for hydroxylation is 2. The highest BCUT2D eigenvalue weighted by atomic mass is 32.1. The third-order valence-electron chi connectivity index (χ3n) is 4.19. The fraction of sp³-hybridized carbons (Fsp3) is 0.474. The van der Waals surface area contributed by atoms with Gasteiger partial charge < -0.3 is 19.7 Å². The van der Waals surface area contributed by atoms with Crippen molar-refractivity contribution in [3.63, 3.8) is 0 Å². The summed E-state index contributed by atoms with van der Waals surface area (Å²) in [6.45, 7) is 5.53. The van der Waals surface area contributed by atoms with Crippen molar-refractivity contribution in [2.75, 3.05) is 20.2 Å². The molecule has 0 fully saturated rings. The van der Waals surface area contributed by atoms with Gasteiger partial charge in [0, 0.05) is 11.9 Å². The van der Waals surface area contributed by atoms with E-state index in [4.69, 9.17) is 9.47 Å². The van der Waals surface area contributed by atoms with Crippen molar-refractivity contribution >= 4 is 17.4 Å². The lowest BCUT2D eigenvalue weighted by molar-refractivity contribution is 0.0715. The summed E-state index contributed by atoms with van der Waals surface area (Å²) in [5.41, 5.74) is 1.00. The van der Waals surface area contributed by atoms with Gasteiger partial charge in [-0.15, -0.1) is 11.3 Å². The second-order valence-electron chi connectivity index (χ2n) is 6.40. The van der Waals surface area contributed by atoms with Crippen molar-refractivity contribution in [3.8, 4) is 11.5 Å². The quantitative estimate of drug-likeness (QED) is 0.841. The molecule has 0 unspecified atom stereocenters. The van der Waals surface area contributed by atoms with Gasteiger partial charge >= 0.3 is 6.03 Å². The van der Waals surface area contributed by atoms with Gasteiger partial charge in [0.2, 0.25) is 0 Å². The van der Waals surface area contributed by atoms with Gasteiger partial charge in [0.25, 0.3) is 0 Å². The maximum Gasteiger partial charge on any atom is 0.317 e. The van der Waals surface area contributed by atoms with Crippen LogP contribution >= 0.6 is 11.3 Å². The molecule has 1 aliphatic heterocycles. The number of likely N-dealkylation sites (N-methyl/N-ethyl adjacent to an activating group) is 1. The summed E-state index contributed by atoms with van der Waals surface area (Å²) < 4.78 is 11.6. The number of hydrogen-bond acceptors (Lipinski definition) is 5. The summed E-state index contributed by atoms with van der Waals surface area (Å²) in [5, 5.41) is 4.10. The molecule has 26 heavy (non-hydrogen) atoms. The van der Waals surface area contributed by atoms with Crippen LogP contribution in [0.1, 0.15) is 28.9 Å². The zero-order valence-electron chi connectivity index (χ0n) is 15.4. The smallest absolute Gasteiger partial charge is 0.317 e. The average Bonchev–Trinajstić information content (AvgIpc) is 2.99. The van der Waals surface area contributed by atoms with Gasteiger partial charge in [0.05, 0.1) is 23.8 Å². The first-order valence-electron chi connectivity index (χ1n) is 8.89. The largest absolute Gasteiger partial charge is 0.486 e. The Hall–Kier alpha value is -2.28. The molecule has 0 saturated carbocycles. The lowest BCUT2D eigenvalue weighted by Gasteiger charge is -2.29. The average molecular weight is 375 g/mol. The molecule has 1 aromatic heterocycles. The van der Waals surface area contributed by atoms with Gasteiger partial charge in [0.1, 0.15) is 6.61 Å². The van der Waals surface area contributed by atoms with Crippen LogP contribution < -0.4 is 14.8 Å². The number of nitrogens with one attached hydrogen (secondary N) is 1. The number of ether oxygens (including phenoxy) is 2. The molecular weight excluding hydrogens is 350 g/mol. The summed E-state index contributed by atoms with van der Waals surface area (Å²) in [6.07, 6.45) is 1.88. The molecule has 140 valence electrons. The number of urea groups is 1. The molecule has 7 heteroatoms. The first-order valence-corrected chi connectivity index (χ1v) is 9.71. The van der Waals surface area contributed by atoms with Crippen molar-refractivity contribution in [2.45, 2.75) is 39.3 Å². The molecule has 1 atom stereocenters. The normalized spacial score (nSPS) is 15.6. The SMILES string of the molecule is CCCc1nc(C)c(CNC(=O)N(C)C[C@@H]2COc3ccccc3O2)s1. The second kappa shape index (κ2) is 8.40. The maximum atomic E-state index is 12.4. The van der Waals surface area contributed by atoms with Gasteiger partial charge in [-0.25, -0.2) is 9.78 Å². The first-order chi connectivity index (χ1) is 12.6. The molecule has 0 bridgehead atoms. The van der Waals surface area contributed by atoms with Crippen LogP contribution in [-0.4, -0.2) is 42.2 Å². The highest BCUT2D eigenvalue weighted by molar-refractivity contribution is 7.11. The topological polar surface area (TPSA) is 63.7 Å². The maximum absolute atomic E-state index is 12.4. The van der Waals surface area contributed by atoms with E-state index in [1.165, 1.54) is 0 Å². The summed E-state index contributed by atoms with van der Waals surface area (Å²) in [5.74, 6) is 1.47. The van der Waals surface area contributed by atoms with E-state index in [1.807, 2.05) is 31.2 Å². The van der Waals surface area contributed by atoms with E-state index in [2.05, 4.69) is 17.2 Å². The minimum Gasteiger partial charge on any atom is -0.486 e. The number of amides is 2. The van der Waals surface area contributed by atoms with Crippen LogP contribution in [-0.2, 0) is 13.0 Å². The Balaban J connectivity index is 1.49. The van der Waals surface area contributed by atoms with Gasteiger partial charge in [-0.1, -0.05) is 19.1 Å². The van der Waals surface area contributed by atoms with Gasteiger partial charge in [-0.05, 0) is 31.9 Å². The standard InChI is InChI=1S/C19H25N3O3S/c1-4-7-18-21-13(2)17(26-18)10-20-19(23)22(3)11-14-12-24-15-8-5-6-9-16(15)25-14/h5-6,8-9,14H,4,7,10-12H2,1-3H3,(H,20,23)/t14-/m1/s1. The van der Waals surface area contributed by atoms with Gasteiger partial charge in [0.15, 0.2) is 17.6 Å². The molecule has 1 aliphatic rings. The molecule has 1 N–H and O–H groups in total. The molecule has 0 aliphatic carbocycles. The van der Waals surface area contributed by atoms with Crippen LogP contribution in [0, 0.1) is 6.92 Å². The Bertz CT molecular complexity index is 762. The second-order valence-corrected chi connectivity index (χ2v) is 7.57. The summed E-state index contributed by atoms with van der Waals surface area (Å²) >= 11 is 1.68. The molecule has 6 nitrogen and oxygen atoms in total. The molecule has 0 saturated heterocycles. The number of rotatable bonds is 6. The van der Waals surface area contributed by atoms with Crippen LogP contribution in [0.5, 0.6) is 11.5 Å². The predicted octanol–water partition coefficient (Wildman–Crippen LogP) is 3.39. The molecule has 0 radical (unpaired) electrons. The van der Waals surface area contributed by atoms with Crippen LogP contribution in [0.4, 0.5) is 4.79 Å². The highest BCUT2D eigenvalue weighted by Gasteiger charge is 2.23. The van der Waals surface area contributed by atoms with E-state index in [0.29, 0.717) is 19.7 Å². The van der Waals surface area contributed by atoms with E-state index in [-0.39, 0.29) is 12.1 Å². The molecule has 2 amide bonds. The number of carbonyl (C=O) groups is 1. The number of benzene rings is 1. The van der Waals surface area contributed by atoms with Crippen molar-refractivity contribution in [3.05, 3.63) is 39.8 Å². The summed E-state index contributed by atoms with van der Waals surface area (Å²) in [4.78, 5) is 19.7. The van der Waals surface area contributed by atoms with E-state index in [1.54, 1.807) is 23.3 Å². The predicted molar refractivity (Wildman–Crippen MR) is 102 cm³/mol. The monoisotopic (exact) mass is 375 g/mol. The Labute approximate surface area is 158 Å². The fourth-order valence-corrected chi connectivity index (χ4v) is 3.92. The van der Waals surface area contributed by atoms with Gasteiger partial charge in [-0.2, -0.15) is 0 Å². The van der Waals surface area contributed by atoms with Crippen molar-refractivity contribution in [1.29, 1.82) is 0 Å². The Morgan fingerprint density at radius 2 is 2.15 bits per heavy atom. The minimum absolute atomic E-state index is 0.127. The summed E-state index contributed by atoms with van der Waals surface area (Å²) in [7, 11) is 1.77. The number of thiazole rings is 1. The minimum atomic E-state index is -0.179. The van der Waals surface area contributed by atoms with Gasteiger partial charge in [-0.3, -0.25) is 0 Å². The molecular formula is C19H25N3O3S. The van der Waals surface area contributed by atoms with Crippen LogP contribution in [0.2, 0.25) is 0 Å². The van der Waals surface area contributed by atoms with E-state index in [9.17, 15) is 4.79 Å². The van der Waals surface area contributed by atoms with Crippen LogP contribution in [0.3, 0.4) is 0 Å².